The van der Waals surface area contributed by atoms with Crippen LogP contribution in [0.25, 0.3) is 0 Å². The van der Waals surface area contributed by atoms with Crippen LogP contribution >= 0.6 is 35.7 Å². The molecular formula is C13H26IN3S. The Balaban J connectivity index is 0.00000289. The molecule has 0 spiro atoms. The topological polar surface area (TPSA) is 50.4 Å². The molecule has 1 saturated carbocycles. The van der Waals surface area contributed by atoms with E-state index in [-0.39, 0.29) is 24.0 Å². The van der Waals surface area contributed by atoms with Crippen LogP contribution < -0.4 is 11.1 Å². The minimum Gasteiger partial charge on any atom is -0.370 e. The van der Waals surface area contributed by atoms with Crippen molar-refractivity contribution in [2.45, 2.75) is 44.6 Å². The summed E-state index contributed by atoms with van der Waals surface area (Å²) < 4.78 is 0. The van der Waals surface area contributed by atoms with Crippen molar-refractivity contribution in [2.24, 2.45) is 10.7 Å². The molecular weight excluding hydrogens is 357 g/mol. The van der Waals surface area contributed by atoms with Crippen molar-refractivity contribution >= 4 is 41.7 Å². The van der Waals surface area contributed by atoms with Gasteiger partial charge < -0.3 is 11.1 Å². The fourth-order valence-corrected chi connectivity index (χ4v) is 2.63. The van der Waals surface area contributed by atoms with Crippen molar-refractivity contribution in [3.63, 3.8) is 0 Å². The minimum atomic E-state index is 0. The van der Waals surface area contributed by atoms with Gasteiger partial charge in [0.05, 0.1) is 6.54 Å². The van der Waals surface area contributed by atoms with Gasteiger partial charge in [0.2, 0.25) is 0 Å². The summed E-state index contributed by atoms with van der Waals surface area (Å²) in [6.45, 7) is 4.48. The van der Waals surface area contributed by atoms with E-state index < -0.39 is 0 Å². The maximum absolute atomic E-state index is 5.88. The summed E-state index contributed by atoms with van der Waals surface area (Å²) >= 11 is 1.84. The molecule has 0 heterocycles. The Kier molecular flexibility index (Phi) is 12.2. The van der Waals surface area contributed by atoms with Crippen molar-refractivity contribution in [3.05, 3.63) is 12.7 Å². The molecule has 1 aliphatic rings. The number of hydrogen-bond donors (Lipinski definition) is 2. The lowest BCUT2D eigenvalue weighted by atomic mass is 10.1. The predicted molar refractivity (Wildman–Crippen MR) is 94.1 cm³/mol. The van der Waals surface area contributed by atoms with Crippen LogP contribution in [0.5, 0.6) is 0 Å². The lowest BCUT2D eigenvalue weighted by Crippen LogP contribution is -2.40. The van der Waals surface area contributed by atoms with Gasteiger partial charge in [0.1, 0.15) is 0 Å². The van der Waals surface area contributed by atoms with Gasteiger partial charge in [0.15, 0.2) is 5.96 Å². The van der Waals surface area contributed by atoms with Crippen LogP contribution in [0.1, 0.15) is 38.5 Å². The van der Waals surface area contributed by atoms with Crippen molar-refractivity contribution < 1.29 is 0 Å². The summed E-state index contributed by atoms with van der Waals surface area (Å²) in [5.41, 5.74) is 5.88. The molecule has 3 N–H and O–H groups in total. The number of aliphatic imine (C=N–C) groups is 1. The van der Waals surface area contributed by atoms with Gasteiger partial charge in [0.25, 0.3) is 0 Å². The normalized spacial score (nSPS) is 17.7. The van der Waals surface area contributed by atoms with Gasteiger partial charge in [-0.2, -0.15) is 11.8 Å². The summed E-state index contributed by atoms with van der Waals surface area (Å²) in [6.07, 6.45) is 9.77. The van der Waals surface area contributed by atoms with Crippen LogP contribution in [0, 0.1) is 0 Å². The molecule has 1 aliphatic carbocycles. The lowest BCUT2D eigenvalue weighted by Gasteiger charge is -2.16. The van der Waals surface area contributed by atoms with Crippen molar-refractivity contribution in [3.8, 4) is 0 Å². The maximum Gasteiger partial charge on any atom is 0.188 e. The molecule has 0 aromatic carbocycles. The Morgan fingerprint density at radius 2 is 2.00 bits per heavy atom. The predicted octanol–water partition coefficient (Wildman–Crippen LogP) is 3.15. The maximum atomic E-state index is 5.88. The van der Waals surface area contributed by atoms with Gasteiger partial charge in [-0.25, -0.2) is 0 Å². The fraction of sp³-hybridized carbons (Fsp3) is 0.769. The molecule has 18 heavy (non-hydrogen) atoms. The quantitative estimate of drug-likeness (QED) is 0.185. The highest BCUT2D eigenvalue weighted by Gasteiger charge is 2.11. The Morgan fingerprint density at radius 1 is 1.33 bits per heavy atom. The molecule has 0 aromatic heterocycles. The lowest BCUT2D eigenvalue weighted by molar-refractivity contribution is 0.530. The summed E-state index contributed by atoms with van der Waals surface area (Å²) in [5.74, 6) is 2.63. The minimum absolute atomic E-state index is 0. The van der Waals surface area contributed by atoms with E-state index in [2.05, 4.69) is 16.9 Å². The number of guanidine groups is 1. The van der Waals surface area contributed by atoms with E-state index in [9.17, 15) is 0 Å². The van der Waals surface area contributed by atoms with E-state index in [1.165, 1.54) is 38.5 Å². The Morgan fingerprint density at radius 3 is 2.61 bits per heavy atom. The molecule has 1 fully saturated rings. The third kappa shape index (κ3) is 9.08. The first-order valence-corrected chi connectivity index (χ1v) is 7.73. The highest BCUT2D eigenvalue weighted by molar-refractivity contribution is 14.0. The zero-order chi connectivity index (χ0) is 12.3. The average Bonchev–Trinajstić information content (AvgIpc) is 2.57. The largest absolute Gasteiger partial charge is 0.370 e. The van der Waals surface area contributed by atoms with Gasteiger partial charge >= 0.3 is 0 Å². The molecule has 0 unspecified atom stereocenters. The zero-order valence-corrected chi connectivity index (χ0v) is 14.2. The monoisotopic (exact) mass is 383 g/mol. The standard InChI is InChI=1S/C13H25N3S.HI/c1-2-10-17-11-9-15-13(14)16-12-7-5-3-4-6-8-12;/h2,12H,1,3-11H2,(H3,14,15,16);1H. The third-order valence-electron chi connectivity index (χ3n) is 2.96. The number of rotatable bonds is 6. The second-order valence-electron chi connectivity index (χ2n) is 4.46. The highest BCUT2D eigenvalue weighted by atomic mass is 127. The molecule has 1 rings (SSSR count). The van der Waals surface area contributed by atoms with Gasteiger partial charge in [-0.3, -0.25) is 4.99 Å². The molecule has 3 nitrogen and oxygen atoms in total. The zero-order valence-electron chi connectivity index (χ0n) is 11.1. The highest BCUT2D eigenvalue weighted by Crippen LogP contribution is 2.16. The van der Waals surface area contributed by atoms with Gasteiger partial charge in [-0.05, 0) is 12.8 Å². The van der Waals surface area contributed by atoms with E-state index in [1.54, 1.807) is 0 Å². The molecule has 0 atom stereocenters. The van der Waals surface area contributed by atoms with Crippen LogP contribution in [-0.4, -0.2) is 30.1 Å². The Labute approximate surface area is 132 Å². The first-order chi connectivity index (χ1) is 8.33. The number of nitrogens with two attached hydrogens (primary N) is 1. The van der Waals surface area contributed by atoms with E-state index in [4.69, 9.17) is 5.73 Å². The fourth-order valence-electron chi connectivity index (χ4n) is 2.08. The number of hydrogen-bond acceptors (Lipinski definition) is 2. The van der Waals surface area contributed by atoms with Crippen molar-refractivity contribution in [2.75, 3.05) is 18.1 Å². The SMILES string of the molecule is C=CCSCCN=C(N)NC1CCCCCC1.I. The molecule has 0 bridgehead atoms. The van der Waals surface area contributed by atoms with Crippen molar-refractivity contribution in [1.82, 2.24) is 5.32 Å². The molecule has 5 heteroatoms. The Hall–Kier alpha value is 0.0900. The number of nitrogens with zero attached hydrogens (tertiary/aromatic N) is 1. The van der Waals surface area contributed by atoms with Crippen LogP contribution in [-0.2, 0) is 0 Å². The average molecular weight is 383 g/mol. The van der Waals surface area contributed by atoms with E-state index in [0.717, 1.165) is 18.1 Å². The molecule has 0 aromatic rings. The summed E-state index contributed by atoms with van der Waals surface area (Å²) in [6, 6.07) is 0.544. The molecule has 0 saturated heterocycles. The molecule has 0 amide bonds. The van der Waals surface area contributed by atoms with Crippen LogP contribution in [0.4, 0.5) is 0 Å². The summed E-state index contributed by atoms with van der Waals surface area (Å²) in [7, 11) is 0. The first-order valence-electron chi connectivity index (χ1n) is 6.58. The summed E-state index contributed by atoms with van der Waals surface area (Å²) in [4.78, 5) is 4.35. The van der Waals surface area contributed by atoms with Crippen molar-refractivity contribution in [1.29, 1.82) is 0 Å². The van der Waals surface area contributed by atoms with Gasteiger partial charge in [0, 0.05) is 17.5 Å². The van der Waals surface area contributed by atoms with Crippen LogP contribution in [0.2, 0.25) is 0 Å². The number of nitrogens with one attached hydrogen (secondary N) is 1. The smallest absolute Gasteiger partial charge is 0.188 e. The Bertz CT molecular complexity index is 238. The third-order valence-corrected chi connectivity index (χ3v) is 3.90. The number of halogens is 1. The summed E-state index contributed by atoms with van der Waals surface area (Å²) in [5, 5.41) is 3.35. The van der Waals surface area contributed by atoms with Crippen LogP contribution in [0.15, 0.2) is 17.6 Å². The second-order valence-corrected chi connectivity index (χ2v) is 5.61. The van der Waals surface area contributed by atoms with E-state index >= 15 is 0 Å². The van der Waals surface area contributed by atoms with E-state index in [0.29, 0.717) is 12.0 Å². The number of thioether (sulfide) groups is 1. The second kappa shape index (κ2) is 12.1. The van der Waals surface area contributed by atoms with E-state index in [1.807, 2.05) is 17.8 Å². The first kappa shape index (κ1) is 18.1. The van der Waals surface area contributed by atoms with Gasteiger partial charge in [-0.1, -0.05) is 31.8 Å². The molecule has 0 radical (unpaired) electrons. The van der Waals surface area contributed by atoms with Crippen LogP contribution in [0.3, 0.4) is 0 Å². The molecule has 106 valence electrons. The molecule has 0 aliphatic heterocycles. The van der Waals surface area contributed by atoms with Gasteiger partial charge in [-0.15, -0.1) is 30.6 Å².